The smallest absolute Gasteiger partial charge is 0.407 e. The van der Waals surface area contributed by atoms with Crippen molar-refractivity contribution in [1.29, 1.82) is 0 Å². The van der Waals surface area contributed by atoms with E-state index in [0.29, 0.717) is 17.2 Å². The molecule has 0 saturated carbocycles. The Morgan fingerprint density at radius 3 is 2.77 bits per heavy atom. The first-order valence-electron chi connectivity index (χ1n) is 8.40. The molecule has 1 aliphatic carbocycles. The first-order valence-corrected chi connectivity index (χ1v) is 9.22. The van der Waals surface area contributed by atoms with Crippen LogP contribution in [0.2, 0.25) is 0 Å². The number of ether oxygens (including phenoxy) is 1. The van der Waals surface area contributed by atoms with E-state index in [2.05, 4.69) is 15.4 Å². The number of amides is 1. The molecule has 2 aromatic rings. The van der Waals surface area contributed by atoms with Crippen LogP contribution in [-0.4, -0.2) is 43.6 Å². The number of nitrogens with zero attached hydrogens (tertiary/aromatic N) is 3. The average molecular weight is 378 g/mol. The zero-order valence-electron chi connectivity index (χ0n) is 15.2. The summed E-state index contributed by atoms with van der Waals surface area (Å²) in [5.41, 5.74) is 2.00. The predicted octanol–water partition coefficient (Wildman–Crippen LogP) is 2.72. The Bertz CT molecular complexity index is 850. The van der Waals surface area contributed by atoms with E-state index in [4.69, 9.17) is 4.74 Å². The molecule has 0 spiro atoms. The van der Waals surface area contributed by atoms with Gasteiger partial charge in [0.15, 0.2) is 0 Å². The van der Waals surface area contributed by atoms with Gasteiger partial charge in [-0.05, 0) is 52.5 Å². The van der Waals surface area contributed by atoms with Crippen LogP contribution in [0.25, 0.3) is 5.13 Å². The molecule has 0 fully saturated rings. The number of rotatable bonds is 3. The van der Waals surface area contributed by atoms with Gasteiger partial charge in [-0.2, -0.15) is 5.10 Å². The number of thiazole rings is 1. The van der Waals surface area contributed by atoms with Crippen molar-refractivity contribution in [3.8, 4) is 5.13 Å². The first-order chi connectivity index (χ1) is 12.1. The number of aromatic nitrogens is 3. The molecular formula is C17H22N4O4S. The Morgan fingerprint density at radius 1 is 1.42 bits per heavy atom. The lowest BCUT2D eigenvalue weighted by molar-refractivity contribution is 0.0499. The lowest BCUT2D eigenvalue weighted by Crippen LogP contribution is -2.41. The van der Waals surface area contributed by atoms with Crippen LogP contribution in [0.3, 0.4) is 0 Å². The van der Waals surface area contributed by atoms with E-state index in [1.165, 1.54) is 0 Å². The van der Waals surface area contributed by atoms with Gasteiger partial charge in [-0.1, -0.05) is 11.3 Å². The summed E-state index contributed by atoms with van der Waals surface area (Å²) in [4.78, 5) is 27.7. The molecule has 3 rings (SSSR count). The van der Waals surface area contributed by atoms with E-state index >= 15 is 0 Å². The molecule has 1 aliphatic rings. The molecule has 0 saturated heterocycles. The fraction of sp³-hybridized carbons (Fsp3) is 0.529. The van der Waals surface area contributed by atoms with Crippen molar-refractivity contribution in [3.05, 3.63) is 28.0 Å². The highest BCUT2D eigenvalue weighted by Crippen LogP contribution is 2.27. The maximum absolute atomic E-state index is 12.0. The summed E-state index contributed by atoms with van der Waals surface area (Å²) in [6, 6.07) is -0.0115. The van der Waals surface area contributed by atoms with Crippen molar-refractivity contribution in [2.75, 3.05) is 0 Å². The van der Waals surface area contributed by atoms with E-state index < -0.39 is 17.7 Å². The molecule has 0 bridgehead atoms. The maximum Gasteiger partial charge on any atom is 0.407 e. The summed E-state index contributed by atoms with van der Waals surface area (Å²) in [5.74, 6) is -0.978. The molecule has 0 aliphatic heterocycles. The summed E-state index contributed by atoms with van der Waals surface area (Å²) in [6.07, 6.45) is 3.48. The van der Waals surface area contributed by atoms with Crippen molar-refractivity contribution in [1.82, 2.24) is 20.1 Å². The molecule has 26 heavy (non-hydrogen) atoms. The largest absolute Gasteiger partial charge is 0.477 e. The molecule has 2 heterocycles. The molecule has 1 atom stereocenters. The predicted molar refractivity (Wildman–Crippen MR) is 96.1 cm³/mol. The summed E-state index contributed by atoms with van der Waals surface area (Å²) >= 11 is 1.12. The standard InChI is InChI=1S/C17H22N4O4S/c1-9-13(14(22)23)26-15(19-9)21-12-6-5-11(7-10(12)8-18-21)20-16(24)25-17(2,3)4/h8,11H,5-7H2,1-4H3,(H,20,24)(H,22,23). The number of aromatic carboxylic acids is 1. The van der Waals surface area contributed by atoms with E-state index in [9.17, 15) is 14.7 Å². The van der Waals surface area contributed by atoms with Crippen molar-refractivity contribution in [2.24, 2.45) is 0 Å². The molecule has 2 N–H and O–H groups in total. The van der Waals surface area contributed by atoms with Crippen LogP contribution in [0.15, 0.2) is 6.20 Å². The van der Waals surface area contributed by atoms with Crippen LogP contribution >= 0.6 is 11.3 Å². The highest BCUT2D eigenvalue weighted by atomic mass is 32.1. The second-order valence-electron chi connectivity index (χ2n) is 7.33. The maximum atomic E-state index is 12.0. The van der Waals surface area contributed by atoms with E-state index in [1.54, 1.807) is 17.8 Å². The van der Waals surface area contributed by atoms with E-state index in [-0.39, 0.29) is 10.9 Å². The number of carboxylic acids is 1. The minimum absolute atomic E-state index is 0.0115. The van der Waals surface area contributed by atoms with Gasteiger partial charge >= 0.3 is 12.1 Å². The van der Waals surface area contributed by atoms with Gasteiger partial charge in [-0.3, -0.25) is 0 Å². The summed E-state index contributed by atoms with van der Waals surface area (Å²) in [5, 5.41) is 17.0. The van der Waals surface area contributed by atoms with Gasteiger partial charge in [0.25, 0.3) is 0 Å². The van der Waals surface area contributed by atoms with Gasteiger partial charge in [0.1, 0.15) is 10.5 Å². The van der Waals surface area contributed by atoms with Crippen LogP contribution in [0, 0.1) is 6.92 Å². The second-order valence-corrected chi connectivity index (χ2v) is 8.31. The fourth-order valence-electron chi connectivity index (χ4n) is 2.96. The fourth-order valence-corrected chi connectivity index (χ4v) is 3.85. The molecule has 140 valence electrons. The molecular weight excluding hydrogens is 356 g/mol. The minimum Gasteiger partial charge on any atom is -0.477 e. The SMILES string of the molecule is Cc1nc(-n2ncc3c2CCC(NC(=O)OC(C)(C)C)C3)sc1C(=O)O. The Morgan fingerprint density at radius 2 is 2.15 bits per heavy atom. The van der Waals surface area contributed by atoms with Gasteiger partial charge in [-0.15, -0.1) is 0 Å². The molecule has 8 nitrogen and oxygen atoms in total. The summed E-state index contributed by atoms with van der Waals surface area (Å²) < 4.78 is 7.02. The topological polar surface area (TPSA) is 106 Å². The number of alkyl carbamates (subject to hydrolysis) is 1. The van der Waals surface area contributed by atoms with Crippen LogP contribution in [0.1, 0.15) is 53.8 Å². The summed E-state index contributed by atoms with van der Waals surface area (Å²) in [7, 11) is 0. The van der Waals surface area contributed by atoms with Crippen molar-refractivity contribution < 1.29 is 19.4 Å². The Labute approximate surface area is 155 Å². The highest BCUT2D eigenvalue weighted by Gasteiger charge is 2.27. The number of carbonyl (C=O) groups is 2. The van der Waals surface area contributed by atoms with Crippen LogP contribution in [0.4, 0.5) is 4.79 Å². The number of hydrogen-bond acceptors (Lipinski definition) is 6. The molecule has 1 amide bonds. The van der Waals surface area contributed by atoms with Gasteiger partial charge in [0.05, 0.1) is 17.6 Å². The summed E-state index contributed by atoms with van der Waals surface area (Å²) in [6.45, 7) is 7.17. The number of carbonyl (C=O) groups excluding carboxylic acids is 1. The number of fused-ring (bicyclic) bond motifs is 1. The average Bonchev–Trinajstić information content (AvgIpc) is 3.08. The minimum atomic E-state index is -0.978. The monoisotopic (exact) mass is 378 g/mol. The zero-order valence-corrected chi connectivity index (χ0v) is 16.0. The van der Waals surface area contributed by atoms with Crippen LogP contribution < -0.4 is 5.32 Å². The molecule has 0 radical (unpaired) electrons. The molecule has 1 unspecified atom stereocenters. The highest BCUT2D eigenvalue weighted by molar-refractivity contribution is 7.16. The Hall–Kier alpha value is -2.42. The van der Waals surface area contributed by atoms with Crippen molar-refractivity contribution >= 4 is 23.4 Å². The number of carboxylic acid groups (broad SMARTS) is 1. The second kappa shape index (κ2) is 6.71. The van der Waals surface area contributed by atoms with Gasteiger partial charge in [-0.25, -0.2) is 19.3 Å². The molecule has 9 heteroatoms. The number of aryl methyl sites for hydroxylation is 1. The Kier molecular flexibility index (Phi) is 4.74. The lowest BCUT2D eigenvalue weighted by Gasteiger charge is -2.26. The van der Waals surface area contributed by atoms with Gasteiger partial charge in [0, 0.05) is 6.04 Å². The number of hydrogen-bond donors (Lipinski definition) is 2. The van der Waals surface area contributed by atoms with E-state index in [0.717, 1.165) is 35.4 Å². The third kappa shape index (κ3) is 3.87. The van der Waals surface area contributed by atoms with Crippen LogP contribution in [0.5, 0.6) is 0 Å². The third-order valence-corrected chi connectivity index (χ3v) is 5.15. The van der Waals surface area contributed by atoms with Crippen molar-refractivity contribution in [2.45, 2.75) is 58.6 Å². The quantitative estimate of drug-likeness (QED) is 0.850. The molecule has 2 aromatic heterocycles. The van der Waals surface area contributed by atoms with Gasteiger partial charge in [0.2, 0.25) is 5.13 Å². The van der Waals surface area contributed by atoms with E-state index in [1.807, 2.05) is 20.8 Å². The Balaban J connectivity index is 1.74. The third-order valence-electron chi connectivity index (χ3n) is 4.03. The lowest BCUT2D eigenvalue weighted by atomic mass is 9.93. The normalized spacial score (nSPS) is 16.8. The first kappa shape index (κ1) is 18.4. The van der Waals surface area contributed by atoms with Gasteiger partial charge < -0.3 is 15.2 Å². The van der Waals surface area contributed by atoms with Crippen molar-refractivity contribution in [3.63, 3.8) is 0 Å². The molecule has 0 aromatic carbocycles. The van der Waals surface area contributed by atoms with Crippen LogP contribution in [-0.2, 0) is 17.6 Å². The number of nitrogens with one attached hydrogen (secondary N) is 1. The zero-order chi connectivity index (χ0) is 19.1.